The molecule has 1 saturated heterocycles. The predicted octanol–water partition coefficient (Wildman–Crippen LogP) is 3.76. The van der Waals surface area contributed by atoms with Gasteiger partial charge in [-0.05, 0) is 62.3 Å². The van der Waals surface area contributed by atoms with Gasteiger partial charge in [-0.15, -0.1) is 0 Å². The highest BCUT2D eigenvalue weighted by atomic mass is 16.5. The van der Waals surface area contributed by atoms with Crippen molar-refractivity contribution in [3.05, 3.63) is 59.1 Å². The molecule has 37 heavy (non-hydrogen) atoms. The first-order valence-electron chi connectivity index (χ1n) is 12.7. The summed E-state index contributed by atoms with van der Waals surface area (Å²) in [6.07, 6.45) is 3.73. The molecular formula is C28H34N6O3. The Balaban J connectivity index is 1.39. The Morgan fingerprint density at radius 1 is 1.11 bits per heavy atom. The van der Waals surface area contributed by atoms with E-state index in [-0.39, 0.29) is 11.7 Å². The lowest BCUT2D eigenvalue weighted by molar-refractivity contribution is 0.156. The molecule has 9 nitrogen and oxygen atoms in total. The normalized spacial score (nSPS) is 14.7. The fourth-order valence-corrected chi connectivity index (χ4v) is 5.18. The first-order valence-corrected chi connectivity index (χ1v) is 12.7. The molecule has 1 aliphatic rings. The van der Waals surface area contributed by atoms with E-state index < -0.39 is 0 Å². The SMILES string of the molecule is COCCn1c(=O)n(C)c2cnc3ccc(-c4ccc(NC(=O)N5CCC(N(C)C)CC5)cc4)cc3c21. The summed E-state index contributed by atoms with van der Waals surface area (Å²) in [4.78, 5) is 34.4. The number of aryl methyl sites for hydroxylation is 1. The van der Waals surface area contributed by atoms with Gasteiger partial charge < -0.3 is 19.9 Å². The van der Waals surface area contributed by atoms with E-state index in [1.807, 2.05) is 41.3 Å². The lowest BCUT2D eigenvalue weighted by Crippen LogP contribution is -2.46. The molecule has 0 radical (unpaired) electrons. The van der Waals surface area contributed by atoms with Crippen LogP contribution in [0.1, 0.15) is 12.8 Å². The van der Waals surface area contributed by atoms with Crippen molar-refractivity contribution < 1.29 is 9.53 Å². The molecule has 4 aromatic rings. The van der Waals surface area contributed by atoms with Gasteiger partial charge in [-0.3, -0.25) is 14.1 Å². The summed E-state index contributed by atoms with van der Waals surface area (Å²) in [5.74, 6) is 0. The number of hydrogen-bond donors (Lipinski definition) is 1. The number of aromatic nitrogens is 3. The number of carbonyl (C=O) groups is 1. The van der Waals surface area contributed by atoms with E-state index in [2.05, 4.69) is 35.4 Å². The standard InChI is InChI=1S/C28H34N6O3/c1-31(2)22-11-13-33(14-12-22)27(35)30-21-8-5-19(6-9-21)20-7-10-24-23(17-20)26-25(18-29-24)32(3)28(36)34(26)15-16-37-4/h5-10,17-18,22H,11-16H2,1-4H3,(H,30,35). The zero-order valence-corrected chi connectivity index (χ0v) is 21.9. The van der Waals surface area contributed by atoms with Crippen molar-refractivity contribution in [2.75, 3.05) is 46.2 Å². The van der Waals surface area contributed by atoms with Gasteiger partial charge in [-0.1, -0.05) is 18.2 Å². The number of nitrogens with one attached hydrogen (secondary N) is 1. The highest BCUT2D eigenvalue weighted by molar-refractivity contribution is 6.04. The molecule has 0 bridgehead atoms. The lowest BCUT2D eigenvalue weighted by atomic mass is 10.0. The van der Waals surface area contributed by atoms with Gasteiger partial charge in [-0.25, -0.2) is 9.59 Å². The number of carbonyl (C=O) groups excluding carboxylic acids is 1. The summed E-state index contributed by atoms with van der Waals surface area (Å²) in [6.45, 7) is 2.45. The van der Waals surface area contributed by atoms with Crippen LogP contribution in [-0.2, 0) is 18.3 Å². The van der Waals surface area contributed by atoms with Crippen LogP contribution in [0, 0.1) is 0 Å². The Bertz CT molecular complexity index is 1480. The molecule has 3 heterocycles. The van der Waals surface area contributed by atoms with Gasteiger partial charge in [0.2, 0.25) is 0 Å². The highest BCUT2D eigenvalue weighted by Crippen LogP contribution is 2.29. The van der Waals surface area contributed by atoms with Crippen molar-refractivity contribution in [2.24, 2.45) is 7.05 Å². The number of anilines is 1. The molecular weight excluding hydrogens is 468 g/mol. The van der Waals surface area contributed by atoms with E-state index in [0.29, 0.717) is 19.2 Å². The maximum Gasteiger partial charge on any atom is 0.328 e. The van der Waals surface area contributed by atoms with Gasteiger partial charge in [0.15, 0.2) is 0 Å². The zero-order valence-electron chi connectivity index (χ0n) is 21.9. The number of pyridine rings is 1. The van der Waals surface area contributed by atoms with E-state index in [1.165, 1.54) is 0 Å². The molecule has 0 saturated carbocycles. The number of nitrogens with zero attached hydrogens (tertiary/aromatic N) is 5. The number of urea groups is 1. The topological polar surface area (TPSA) is 84.6 Å². The summed E-state index contributed by atoms with van der Waals surface area (Å²) >= 11 is 0. The monoisotopic (exact) mass is 502 g/mol. The Morgan fingerprint density at radius 2 is 1.81 bits per heavy atom. The first-order chi connectivity index (χ1) is 17.9. The van der Waals surface area contributed by atoms with Crippen LogP contribution in [0.15, 0.2) is 53.5 Å². The first kappa shape index (κ1) is 25.0. The predicted molar refractivity (Wildman–Crippen MR) is 147 cm³/mol. The number of imidazole rings is 1. The van der Waals surface area contributed by atoms with Crippen LogP contribution < -0.4 is 11.0 Å². The Hall–Kier alpha value is -3.69. The maximum atomic E-state index is 12.9. The number of piperidine rings is 1. The second-order valence-corrected chi connectivity index (χ2v) is 9.90. The molecule has 2 aromatic carbocycles. The molecule has 0 atom stereocenters. The average molecular weight is 503 g/mol. The third kappa shape index (κ3) is 4.84. The average Bonchev–Trinajstić information content (AvgIpc) is 3.17. The fourth-order valence-electron chi connectivity index (χ4n) is 5.18. The molecule has 0 spiro atoms. The molecule has 2 aromatic heterocycles. The third-order valence-electron chi connectivity index (χ3n) is 7.44. The van der Waals surface area contributed by atoms with Crippen molar-refractivity contribution in [3.63, 3.8) is 0 Å². The highest BCUT2D eigenvalue weighted by Gasteiger charge is 2.24. The minimum atomic E-state index is -0.0854. The van der Waals surface area contributed by atoms with E-state index in [0.717, 1.165) is 64.7 Å². The van der Waals surface area contributed by atoms with Crippen LogP contribution in [0.25, 0.3) is 33.1 Å². The largest absolute Gasteiger partial charge is 0.383 e. The molecule has 1 N–H and O–H groups in total. The molecule has 0 aliphatic carbocycles. The van der Waals surface area contributed by atoms with Crippen molar-refractivity contribution in [1.29, 1.82) is 0 Å². The summed E-state index contributed by atoms with van der Waals surface area (Å²) in [5, 5.41) is 3.95. The van der Waals surface area contributed by atoms with E-state index in [1.54, 1.807) is 29.5 Å². The van der Waals surface area contributed by atoms with Crippen molar-refractivity contribution in [3.8, 4) is 11.1 Å². The summed E-state index contributed by atoms with van der Waals surface area (Å²) in [5.41, 5.74) is 5.19. The summed E-state index contributed by atoms with van der Waals surface area (Å²) in [7, 11) is 7.59. The van der Waals surface area contributed by atoms with Crippen LogP contribution in [0.4, 0.5) is 10.5 Å². The fraction of sp³-hybridized carbons (Fsp3) is 0.393. The van der Waals surface area contributed by atoms with Crippen LogP contribution in [0.2, 0.25) is 0 Å². The van der Waals surface area contributed by atoms with Crippen molar-refractivity contribution in [1.82, 2.24) is 23.9 Å². The van der Waals surface area contributed by atoms with Crippen molar-refractivity contribution >= 4 is 33.7 Å². The minimum Gasteiger partial charge on any atom is -0.383 e. The number of methoxy groups -OCH3 is 1. The van der Waals surface area contributed by atoms with E-state index >= 15 is 0 Å². The quantitative estimate of drug-likeness (QED) is 0.434. The molecule has 0 unspecified atom stereocenters. The van der Waals surface area contributed by atoms with Crippen LogP contribution in [0.5, 0.6) is 0 Å². The molecule has 194 valence electrons. The Morgan fingerprint density at radius 3 is 2.49 bits per heavy atom. The molecule has 1 fully saturated rings. The molecule has 2 amide bonds. The second-order valence-electron chi connectivity index (χ2n) is 9.90. The van der Waals surface area contributed by atoms with Gasteiger partial charge in [0.25, 0.3) is 0 Å². The number of amides is 2. The van der Waals surface area contributed by atoms with Crippen molar-refractivity contribution in [2.45, 2.75) is 25.4 Å². The van der Waals surface area contributed by atoms with Crippen LogP contribution in [0.3, 0.4) is 0 Å². The smallest absolute Gasteiger partial charge is 0.328 e. The maximum absolute atomic E-state index is 12.9. The zero-order chi connectivity index (χ0) is 26.1. The molecule has 1 aliphatic heterocycles. The van der Waals surface area contributed by atoms with Gasteiger partial charge in [0, 0.05) is 44.4 Å². The Kier molecular flexibility index (Phi) is 6.99. The van der Waals surface area contributed by atoms with Gasteiger partial charge in [0.1, 0.15) is 0 Å². The van der Waals surface area contributed by atoms with Gasteiger partial charge in [0.05, 0.1) is 35.9 Å². The summed E-state index contributed by atoms with van der Waals surface area (Å²) < 4.78 is 8.62. The van der Waals surface area contributed by atoms with E-state index in [9.17, 15) is 9.59 Å². The van der Waals surface area contributed by atoms with Crippen LogP contribution >= 0.6 is 0 Å². The van der Waals surface area contributed by atoms with Gasteiger partial charge >= 0.3 is 11.7 Å². The molecule has 9 heteroatoms. The number of likely N-dealkylation sites (tertiary alicyclic amines) is 1. The number of hydrogen-bond acceptors (Lipinski definition) is 5. The number of fused-ring (bicyclic) bond motifs is 3. The summed E-state index contributed by atoms with van der Waals surface area (Å²) in [6, 6.07) is 14.4. The number of rotatable bonds is 6. The minimum absolute atomic E-state index is 0.0535. The van der Waals surface area contributed by atoms with Gasteiger partial charge in [-0.2, -0.15) is 0 Å². The third-order valence-corrected chi connectivity index (χ3v) is 7.44. The Labute approximate surface area is 216 Å². The van der Waals surface area contributed by atoms with Crippen LogP contribution in [-0.4, -0.2) is 76.9 Å². The molecule has 5 rings (SSSR count). The lowest BCUT2D eigenvalue weighted by Gasteiger charge is -2.35. The number of benzene rings is 2. The second kappa shape index (κ2) is 10.4. The number of ether oxygens (including phenoxy) is 1. The van der Waals surface area contributed by atoms with E-state index in [4.69, 9.17) is 4.74 Å².